The standard InChI is InChI=1S/C12H25NO2S/c1-12(2,3)11-6-5-7-13(10-11)8-9-16(4,14)15/h11H,5-10H2,1-4H3. The number of nitrogens with zero attached hydrogens (tertiary/aromatic N) is 1. The van der Waals surface area contributed by atoms with Gasteiger partial charge in [0.25, 0.3) is 0 Å². The van der Waals surface area contributed by atoms with Gasteiger partial charge in [0, 0.05) is 19.3 Å². The van der Waals surface area contributed by atoms with Crippen LogP contribution in [0.2, 0.25) is 0 Å². The molecule has 0 aromatic rings. The molecule has 0 N–H and O–H groups in total. The van der Waals surface area contributed by atoms with E-state index in [9.17, 15) is 8.42 Å². The molecule has 0 aromatic heterocycles. The van der Waals surface area contributed by atoms with E-state index < -0.39 is 9.84 Å². The van der Waals surface area contributed by atoms with Crippen molar-refractivity contribution in [3.8, 4) is 0 Å². The molecule has 1 saturated heterocycles. The highest BCUT2D eigenvalue weighted by Crippen LogP contribution is 2.32. The molecule has 1 heterocycles. The molecule has 0 aromatic carbocycles. The quantitative estimate of drug-likeness (QED) is 0.763. The Bertz CT molecular complexity index is 316. The van der Waals surface area contributed by atoms with Crippen molar-refractivity contribution < 1.29 is 8.42 Å². The largest absolute Gasteiger partial charge is 0.302 e. The third-order valence-corrected chi connectivity index (χ3v) is 4.43. The Morgan fingerprint density at radius 2 is 1.94 bits per heavy atom. The predicted octanol–water partition coefficient (Wildman–Crippen LogP) is 1.79. The summed E-state index contributed by atoms with van der Waals surface area (Å²) in [4.78, 5) is 2.31. The number of hydrogen-bond donors (Lipinski definition) is 0. The first kappa shape index (κ1) is 14.0. The molecule has 1 rings (SSSR count). The summed E-state index contributed by atoms with van der Waals surface area (Å²) in [5.41, 5.74) is 0.337. The fourth-order valence-electron chi connectivity index (χ4n) is 2.26. The average molecular weight is 247 g/mol. The fourth-order valence-corrected chi connectivity index (χ4v) is 2.85. The Balaban J connectivity index is 2.45. The molecule has 1 unspecified atom stereocenters. The van der Waals surface area contributed by atoms with Crippen LogP contribution in [0.25, 0.3) is 0 Å². The smallest absolute Gasteiger partial charge is 0.148 e. The van der Waals surface area contributed by atoms with Crippen LogP contribution in [0, 0.1) is 11.3 Å². The monoisotopic (exact) mass is 247 g/mol. The zero-order valence-corrected chi connectivity index (χ0v) is 11.8. The lowest BCUT2D eigenvalue weighted by Crippen LogP contribution is -2.42. The first-order chi connectivity index (χ1) is 7.18. The fraction of sp³-hybridized carbons (Fsp3) is 1.00. The maximum Gasteiger partial charge on any atom is 0.148 e. The number of piperidine rings is 1. The average Bonchev–Trinajstić information content (AvgIpc) is 2.13. The molecular formula is C12H25NO2S. The number of hydrogen-bond acceptors (Lipinski definition) is 3. The van der Waals surface area contributed by atoms with Gasteiger partial charge in [0.2, 0.25) is 0 Å². The Hall–Kier alpha value is -0.0900. The predicted molar refractivity (Wildman–Crippen MR) is 68.3 cm³/mol. The summed E-state index contributed by atoms with van der Waals surface area (Å²) in [5, 5.41) is 0. The number of rotatable bonds is 3. The van der Waals surface area contributed by atoms with E-state index in [-0.39, 0.29) is 0 Å². The maximum atomic E-state index is 11.1. The Morgan fingerprint density at radius 1 is 1.31 bits per heavy atom. The second-order valence-electron chi connectivity index (χ2n) is 6.14. The van der Waals surface area contributed by atoms with Crippen LogP contribution in [0.5, 0.6) is 0 Å². The first-order valence-corrected chi connectivity index (χ1v) is 8.14. The second kappa shape index (κ2) is 5.05. The Kier molecular flexibility index (Phi) is 4.41. The van der Waals surface area contributed by atoms with E-state index in [2.05, 4.69) is 25.7 Å². The van der Waals surface area contributed by atoms with E-state index in [0.29, 0.717) is 23.6 Å². The topological polar surface area (TPSA) is 37.4 Å². The van der Waals surface area contributed by atoms with Crippen molar-refractivity contribution in [3.05, 3.63) is 0 Å². The van der Waals surface area contributed by atoms with Crippen LogP contribution >= 0.6 is 0 Å². The van der Waals surface area contributed by atoms with Crippen molar-refractivity contribution in [2.75, 3.05) is 31.6 Å². The molecule has 96 valence electrons. The third-order valence-electron chi connectivity index (χ3n) is 3.51. The van der Waals surface area contributed by atoms with Crippen molar-refractivity contribution >= 4 is 9.84 Å². The van der Waals surface area contributed by atoms with Crippen molar-refractivity contribution in [1.82, 2.24) is 4.90 Å². The molecule has 16 heavy (non-hydrogen) atoms. The normalized spacial score (nSPS) is 24.6. The number of sulfone groups is 1. The molecule has 0 saturated carbocycles. The van der Waals surface area contributed by atoms with E-state index in [0.717, 1.165) is 13.1 Å². The van der Waals surface area contributed by atoms with Gasteiger partial charge in [0.15, 0.2) is 0 Å². The summed E-state index contributed by atoms with van der Waals surface area (Å²) < 4.78 is 22.3. The van der Waals surface area contributed by atoms with Gasteiger partial charge < -0.3 is 4.90 Å². The van der Waals surface area contributed by atoms with Gasteiger partial charge in [-0.3, -0.25) is 0 Å². The molecule has 1 aliphatic heterocycles. The zero-order valence-electron chi connectivity index (χ0n) is 11.0. The van der Waals surface area contributed by atoms with E-state index >= 15 is 0 Å². The van der Waals surface area contributed by atoms with E-state index in [1.165, 1.54) is 19.1 Å². The molecule has 0 spiro atoms. The third kappa shape index (κ3) is 4.83. The van der Waals surface area contributed by atoms with Crippen LogP contribution in [0.15, 0.2) is 0 Å². The van der Waals surface area contributed by atoms with Crippen LogP contribution in [0.3, 0.4) is 0 Å². The Labute approximate surface area is 100 Å². The SMILES string of the molecule is CC(C)(C)C1CCCN(CCS(C)(=O)=O)C1. The summed E-state index contributed by atoms with van der Waals surface area (Å²) >= 11 is 0. The molecule has 1 aliphatic rings. The van der Waals surface area contributed by atoms with Crippen molar-refractivity contribution in [2.45, 2.75) is 33.6 Å². The molecular weight excluding hydrogens is 222 g/mol. The minimum Gasteiger partial charge on any atom is -0.302 e. The van der Waals surface area contributed by atoms with E-state index in [4.69, 9.17) is 0 Å². The van der Waals surface area contributed by atoms with Crippen LogP contribution < -0.4 is 0 Å². The van der Waals surface area contributed by atoms with E-state index in [1.807, 2.05) is 0 Å². The second-order valence-corrected chi connectivity index (χ2v) is 8.40. The Morgan fingerprint density at radius 3 is 2.44 bits per heavy atom. The van der Waals surface area contributed by atoms with Crippen LogP contribution in [-0.2, 0) is 9.84 Å². The number of likely N-dealkylation sites (tertiary alicyclic amines) is 1. The lowest BCUT2D eigenvalue weighted by Gasteiger charge is -2.39. The molecule has 0 radical (unpaired) electrons. The minimum atomic E-state index is -2.82. The van der Waals surface area contributed by atoms with Gasteiger partial charge in [0.05, 0.1) is 5.75 Å². The minimum absolute atomic E-state index is 0.295. The maximum absolute atomic E-state index is 11.1. The van der Waals surface area contributed by atoms with E-state index in [1.54, 1.807) is 0 Å². The van der Waals surface area contributed by atoms with Gasteiger partial charge in [-0.1, -0.05) is 20.8 Å². The van der Waals surface area contributed by atoms with Crippen molar-refractivity contribution in [2.24, 2.45) is 11.3 Å². The molecule has 4 heteroatoms. The molecule has 1 fully saturated rings. The molecule has 1 atom stereocenters. The lowest BCUT2D eigenvalue weighted by molar-refractivity contribution is 0.104. The summed E-state index contributed by atoms with van der Waals surface area (Å²) in [6.45, 7) is 9.64. The van der Waals surface area contributed by atoms with Gasteiger partial charge >= 0.3 is 0 Å². The van der Waals surface area contributed by atoms with Crippen LogP contribution in [-0.4, -0.2) is 45.0 Å². The van der Waals surface area contributed by atoms with Crippen molar-refractivity contribution in [3.63, 3.8) is 0 Å². The van der Waals surface area contributed by atoms with Gasteiger partial charge in [-0.2, -0.15) is 0 Å². The molecule has 0 bridgehead atoms. The zero-order chi connectivity index (χ0) is 12.4. The summed E-state index contributed by atoms with van der Waals surface area (Å²) in [5.74, 6) is 0.991. The lowest BCUT2D eigenvalue weighted by atomic mass is 9.76. The van der Waals surface area contributed by atoms with Crippen LogP contribution in [0.1, 0.15) is 33.6 Å². The molecule has 0 amide bonds. The van der Waals surface area contributed by atoms with Gasteiger partial charge in [0.1, 0.15) is 9.84 Å². The summed E-state index contributed by atoms with van der Waals surface area (Å²) in [6, 6.07) is 0. The van der Waals surface area contributed by atoms with Gasteiger partial charge in [-0.15, -0.1) is 0 Å². The summed E-state index contributed by atoms with van der Waals surface area (Å²) in [7, 11) is -2.82. The first-order valence-electron chi connectivity index (χ1n) is 6.08. The van der Waals surface area contributed by atoms with Gasteiger partial charge in [-0.25, -0.2) is 8.42 Å². The highest BCUT2D eigenvalue weighted by molar-refractivity contribution is 7.90. The van der Waals surface area contributed by atoms with Gasteiger partial charge in [-0.05, 0) is 30.7 Å². The van der Waals surface area contributed by atoms with Crippen LogP contribution in [0.4, 0.5) is 0 Å². The highest BCUT2D eigenvalue weighted by atomic mass is 32.2. The molecule has 3 nitrogen and oxygen atoms in total. The highest BCUT2D eigenvalue weighted by Gasteiger charge is 2.29. The van der Waals surface area contributed by atoms with Crippen molar-refractivity contribution in [1.29, 1.82) is 0 Å². The summed E-state index contributed by atoms with van der Waals surface area (Å²) in [6.07, 6.45) is 3.79. The molecule has 0 aliphatic carbocycles.